The van der Waals surface area contributed by atoms with E-state index in [9.17, 15) is 18.0 Å². The van der Waals surface area contributed by atoms with Crippen LogP contribution in [0.4, 0.5) is 13.2 Å². The zero-order valence-electron chi connectivity index (χ0n) is 12.0. The van der Waals surface area contributed by atoms with Crippen molar-refractivity contribution in [2.75, 3.05) is 0 Å². The monoisotopic (exact) mass is 339 g/mol. The van der Waals surface area contributed by atoms with Crippen LogP contribution in [0.15, 0.2) is 30.5 Å². The second kappa shape index (κ2) is 5.69. The van der Waals surface area contributed by atoms with Crippen molar-refractivity contribution in [3.8, 4) is 0 Å². The average molecular weight is 339 g/mol. The first kappa shape index (κ1) is 15.5. The van der Waals surface area contributed by atoms with E-state index in [-0.39, 0.29) is 12.5 Å². The zero-order valence-corrected chi connectivity index (χ0v) is 12.8. The van der Waals surface area contributed by atoms with Crippen molar-refractivity contribution in [2.45, 2.75) is 19.6 Å². The Morgan fingerprint density at radius 1 is 1.35 bits per heavy atom. The zero-order chi connectivity index (χ0) is 16.6. The minimum Gasteiger partial charge on any atom is -0.351 e. The smallest absolute Gasteiger partial charge is 0.351 e. The minimum absolute atomic E-state index is 0.234. The number of halogens is 3. The third-order valence-electron chi connectivity index (χ3n) is 3.29. The number of alkyl halides is 3. The molecule has 3 aromatic rings. The molecule has 23 heavy (non-hydrogen) atoms. The maximum absolute atomic E-state index is 12.7. The summed E-state index contributed by atoms with van der Waals surface area (Å²) in [5.74, 6) is -0.249. The first-order chi connectivity index (χ1) is 10.8. The Morgan fingerprint density at radius 2 is 2.13 bits per heavy atom. The molecule has 2 heterocycles. The first-order valence-corrected chi connectivity index (χ1v) is 7.54. The standard InChI is InChI=1S/C15H12F3N3OS/c1-8-19-7-12(23-8)14(22)20-6-9-2-3-11-10(4-9)5-13(21-11)15(16,17)18/h2-5,7,21H,6H2,1H3,(H,20,22). The number of hydrogen-bond donors (Lipinski definition) is 2. The van der Waals surface area contributed by atoms with Crippen LogP contribution in [0.25, 0.3) is 10.9 Å². The lowest BCUT2D eigenvalue weighted by atomic mass is 10.1. The van der Waals surface area contributed by atoms with E-state index < -0.39 is 11.9 Å². The number of nitrogens with one attached hydrogen (secondary N) is 2. The Bertz CT molecular complexity index is 866. The maximum atomic E-state index is 12.7. The van der Waals surface area contributed by atoms with Gasteiger partial charge in [0.15, 0.2) is 0 Å². The van der Waals surface area contributed by atoms with Crippen LogP contribution in [0.2, 0.25) is 0 Å². The summed E-state index contributed by atoms with van der Waals surface area (Å²) in [4.78, 5) is 18.8. The largest absolute Gasteiger partial charge is 0.431 e. The summed E-state index contributed by atoms with van der Waals surface area (Å²) in [6.45, 7) is 2.04. The lowest BCUT2D eigenvalue weighted by molar-refractivity contribution is -0.140. The molecule has 1 amide bonds. The Morgan fingerprint density at radius 3 is 2.78 bits per heavy atom. The highest BCUT2D eigenvalue weighted by Crippen LogP contribution is 2.31. The fraction of sp³-hybridized carbons (Fsp3) is 0.200. The van der Waals surface area contributed by atoms with E-state index >= 15 is 0 Å². The molecule has 0 atom stereocenters. The number of rotatable bonds is 3. The number of hydrogen-bond acceptors (Lipinski definition) is 3. The fourth-order valence-corrected chi connectivity index (χ4v) is 2.87. The third-order valence-corrected chi connectivity index (χ3v) is 4.20. The van der Waals surface area contributed by atoms with Gasteiger partial charge in [0.25, 0.3) is 5.91 Å². The summed E-state index contributed by atoms with van der Waals surface area (Å²) >= 11 is 1.29. The third kappa shape index (κ3) is 3.37. The van der Waals surface area contributed by atoms with Gasteiger partial charge in [0.05, 0.1) is 11.2 Å². The first-order valence-electron chi connectivity index (χ1n) is 6.72. The van der Waals surface area contributed by atoms with Gasteiger partial charge in [-0.1, -0.05) is 6.07 Å². The van der Waals surface area contributed by atoms with Gasteiger partial charge in [-0.2, -0.15) is 13.2 Å². The number of aryl methyl sites for hydroxylation is 1. The van der Waals surface area contributed by atoms with Gasteiger partial charge in [-0.3, -0.25) is 4.79 Å². The van der Waals surface area contributed by atoms with E-state index in [0.717, 1.165) is 16.6 Å². The molecule has 0 radical (unpaired) electrons. The molecule has 120 valence electrons. The van der Waals surface area contributed by atoms with E-state index in [0.29, 0.717) is 15.8 Å². The second-order valence-corrected chi connectivity index (χ2v) is 6.26. The van der Waals surface area contributed by atoms with Gasteiger partial charge in [0.1, 0.15) is 10.6 Å². The van der Waals surface area contributed by atoms with Crippen molar-refractivity contribution < 1.29 is 18.0 Å². The van der Waals surface area contributed by atoms with E-state index in [4.69, 9.17) is 0 Å². The maximum Gasteiger partial charge on any atom is 0.431 e. The molecule has 0 fully saturated rings. The van der Waals surface area contributed by atoms with Gasteiger partial charge in [-0.05, 0) is 30.7 Å². The van der Waals surface area contributed by atoms with Gasteiger partial charge < -0.3 is 10.3 Å². The Labute approximate surface area is 133 Å². The van der Waals surface area contributed by atoms with Crippen molar-refractivity contribution in [3.63, 3.8) is 0 Å². The molecule has 4 nitrogen and oxygen atoms in total. The molecule has 0 aliphatic heterocycles. The SMILES string of the molecule is Cc1ncc(C(=O)NCc2ccc3[nH]c(C(F)(F)F)cc3c2)s1. The number of amides is 1. The van der Waals surface area contributed by atoms with Gasteiger partial charge >= 0.3 is 6.18 Å². The molecule has 0 saturated heterocycles. The van der Waals surface area contributed by atoms with Crippen LogP contribution in [-0.2, 0) is 12.7 Å². The molecule has 0 aliphatic carbocycles. The van der Waals surface area contributed by atoms with Crippen LogP contribution in [0.5, 0.6) is 0 Å². The number of thiazole rings is 1. The molecular formula is C15H12F3N3OS. The van der Waals surface area contributed by atoms with Crippen LogP contribution in [-0.4, -0.2) is 15.9 Å². The molecule has 0 spiro atoms. The molecule has 0 saturated carbocycles. The Hall–Kier alpha value is -2.35. The van der Waals surface area contributed by atoms with Crippen molar-refractivity contribution in [2.24, 2.45) is 0 Å². The Kier molecular flexibility index (Phi) is 3.85. The van der Waals surface area contributed by atoms with Crippen LogP contribution < -0.4 is 5.32 Å². The molecule has 0 bridgehead atoms. The number of carbonyl (C=O) groups is 1. The summed E-state index contributed by atoms with van der Waals surface area (Å²) < 4.78 is 38.0. The highest BCUT2D eigenvalue weighted by Gasteiger charge is 2.32. The van der Waals surface area contributed by atoms with Crippen LogP contribution in [0.3, 0.4) is 0 Å². The summed E-state index contributed by atoms with van der Waals surface area (Å²) in [6, 6.07) is 5.94. The van der Waals surface area contributed by atoms with Crippen molar-refractivity contribution in [3.05, 3.63) is 51.6 Å². The normalized spacial score (nSPS) is 11.8. The molecule has 2 aromatic heterocycles. The molecule has 0 aliphatic rings. The van der Waals surface area contributed by atoms with E-state index in [1.165, 1.54) is 17.5 Å². The number of carbonyl (C=O) groups excluding carboxylic acids is 1. The summed E-state index contributed by atoms with van der Waals surface area (Å²) in [5, 5.41) is 3.98. The minimum atomic E-state index is -4.41. The molecular weight excluding hydrogens is 327 g/mol. The molecule has 0 unspecified atom stereocenters. The van der Waals surface area contributed by atoms with Crippen molar-refractivity contribution >= 4 is 28.1 Å². The molecule has 2 N–H and O–H groups in total. The van der Waals surface area contributed by atoms with Gasteiger partial charge in [-0.15, -0.1) is 11.3 Å². The summed E-state index contributed by atoms with van der Waals surface area (Å²) in [5.41, 5.74) is 0.346. The number of benzene rings is 1. The Balaban J connectivity index is 1.74. The summed E-state index contributed by atoms with van der Waals surface area (Å²) in [7, 11) is 0. The predicted molar refractivity (Wildman–Crippen MR) is 81.3 cm³/mol. The molecule has 1 aromatic carbocycles. The number of aromatic amines is 1. The predicted octanol–water partition coefficient (Wildman–Crippen LogP) is 3.88. The fourth-order valence-electron chi connectivity index (χ4n) is 2.18. The summed E-state index contributed by atoms with van der Waals surface area (Å²) in [6.07, 6.45) is -2.91. The average Bonchev–Trinajstić information content (AvgIpc) is 3.09. The van der Waals surface area contributed by atoms with Crippen LogP contribution in [0.1, 0.15) is 25.9 Å². The van der Waals surface area contributed by atoms with E-state index in [1.54, 1.807) is 25.1 Å². The van der Waals surface area contributed by atoms with E-state index in [1.807, 2.05) is 0 Å². The highest BCUT2D eigenvalue weighted by molar-refractivity contribution is 7.13. The number of nitrogens with zero attached hydrogens (tertiary/aromatic N) is 1. The quantitative estimate of drug-likeness (QED) is 0.761. The number of aromatic nitrogens is 2. The number of H-pyrrole nitrogens is 1. The van der Waals surface area contributed by atoms with Crippen molar-refractivity contribution in [1.29, 1.82) is 0 Å². The second-order valence-electron chi connectivity index (χ2n) is 5.03. The lowest BCUT2D eigenvalue weighted by Gasteiger charge is -2.03. The van der Waals surface area contributed by atoms with Crippen LogP contribution >= 0.6 is 11.3 Å². The van der Waals surface area contributed by atoms with Crippen LogP contribution in [0, 0.1) is 6.92 Å². The number of fused-ring (bicyclic) bond motifs is 1. The van der Waals surface area contributed by atoms with Gasteiger partial charge in [0.2, 0.25) is 0 Å². The van der Waals surface area contributed by atoms with Gasteiger partial charge in [0, 0.05) is 17.4 Å². The topological polar surface area (TPSA) is 57.8 Å². The molecule has 8 heteroatoms. The van der Waals surface area contributed by atoms with Crippen molar-refractivity contribution in [1.82, 2.24) is 15.3 Å². The van der Waals surface area contributed by atoms with Gasteiger partial charge in [-0.25, -0.2) is 4.98 Å². The molecule has 3 rings (SSSR count). The van der Waals surface area contributed by atoms with E-state index in [2.05, 4.69) is 15.3 Å². The highest BCUT2D eigenvalue weighted by atomic mass is 32.1. The lowest BCUT2D eigenvalue weighted by Crippen LogP contribution is -2.21.